The standard InChI is InChI=1S/C23H18ClNO3/c24-17-12-10-15(11-13-17)21(28-23(27)16-6-2-1-3-7-16)14-20-18-8-4-5-9-19(18)22(26)25-20/h1-13,20-21H,14H2,(H,25,26)/t20-,21-/m0/s1. The van der Waals surface area contributed by atoms with E-state index in [4.69, 9.17) is 16.3 Å². The van der Waals surface area contributed by atoms with E-state index in [1.807, 2.05) is 36.4 Å². The average Bonchev–Trinajstić information content (AvgIpc) is 3.04. The third-order valence-corrected chi connectivity index (χ3v) is 5.09. The van der Waals surface area contributed by atoms with E-state index >= 15 is 0 Å². The number of amides is 1. The molecule has 1 amide bonds. The largest absolute Gasteiger partial charge is 0.454 e. The maximum Gasteiger partial charge on any atom is 0.338 e. The fraction of sp³-hybridized carbons (Fsp3) is 0.130. The molecule has 0 fully saturated rings. The second kappa shape index (κ2) is 7.87. The van der Waals surface area contributed by atoms with E-state index in [1.165, 1.54) is 0 Å². The summed E-state index contributed by atoms with van der Waals surface area (Å²) in [7, 11) is 0. The van der Waals surface area contributed by atoms with E-state index in [9.17, 15) is 9.59 Å². The zero-order valence-electron chi connectivity index (χ0n) is 15.0. The lowest BCUT2D eigenvalue weighted by molar-refractivity contribution is 0.0254. The number of halogens is 1. The Morgan fingerprint density at radius 2 is 1.64 bits per heavy atom. The molecule has 0 bridgehead atoms. The second-order valence-electron chi connectivity index (χ2n) is 6.66. The maximum absolute atomic E-state index is 12.6. The van der Waals surface area contributed by atoms with Gasteiger partial charge in [-0.1, -0.05) is 60.1 Å². The third kappa shape index (κ3) is 3.78. The van der Waals surface area contributed by atoms with E-state index < -0.39 is 12.1 Å². The zero-order chi connectivity index (χ0) is 19.5. The maximum atomic E-state index is 12.6. The Bertz CT molecular complexity index is 1000. The van der Waals surface area contributed by atoms with Crippen molar-refractivity contribution in [3.63, 3.8) is 0 Å². The van der Waals surface area contributed by atoms with Gasteiger partial charge in [0.1, 0.15) is 6.10 Å². The highest BCUT2D eigenvalue weighted by Gasteiger charge is 2.32. The normalized spacial score (nSPS) is 16.2. The molecule has 0 spiro atoms. The van der Waals surface area contributed by atoms with Gasteiger partial charge < -0.3 is 10.1 Å². The van der Waals surface area contributed by atoms with Crippen LogP contribution >= 0.6 is 11.6 Å². The number of hydrogen-bond donors (Lipinski definition) is 1. The van der Waals surface area contributed by atoms with Crippen LogP contribution in [0, 0.1) is 0 Å². The quantitative estimate of drug-likeness (QED) is 0.614. The Hall–Kier alpha value is -3.11. The van der Waals surface area contributed by atoms with Crippen LogP contribution in [0.25, 0.3) is 0 Å². The molecule has 1 aliphatic heterocycles. The minimum atomic E-state index is -0.526. The topological polar surface area (TPSA) is 55.4 Å². The summed E-state index contributed by atoms with van der Waals surface area (Å²) in [5, 5.41) is 3.60. The molecule has 0 aliphatic carbocycles. The van der Waals surface area contributed by atoms with Gasteiger partial charge in [0.2, 0.25) is 0 Å². The van der Waals surface area contributed by atoms with Crippen molar-refractivity contribution in [2.75, 3.05) is 0 Å². The van der Waals surface area contributed by atoms with Crippen molar-refractivity contribution in [1.82, 2.24) is 5.32 Å². The van der Waals surface area contributed by atoms with Crippen molar-refractivity contribution < 1.29 is 14.3 Å². The molecule has 0 unspecified atom stereocenters. The Morgan fingerprint density at radius 1 is 0.964 bits per heavy atom. The van der Waals surface area contributed by atoms with Crippen molar-refractivity contribution in [2.24, 2.45) is 0 Å². The van der Waals surface area contributed by atoms with Crippen LogP contribution in [0.15, 0.2) is 78.9 Å². The van der Waals surface area contributed by atoms with Crippen LogP contribution in [0.4, 0.5) is 0 Å². The SMILES string of the molecule is O=C(O[C@@H](C[C@@H]1NC(=O)c2ccccc21)c1ccc(Cl)cc1)c1ccccc1. The van der Waals surface area contributed by atoms with Crippen LogP contribution in [-0.4, -0.2) is 11.9 Å². The van der Waals surface area contributed by atoms with E-state index in [2.05, 4.69) is 5.32 Å². The molecule has 0 saturated carbocycles. The fourth-order valence-corrected chi connectivity index (χ4v) is 3.55. The molecule has 3 aromatic carbocycles. The molecular formula is C23H18ClNO3. The summed E-state index contributed by atoms with van der Waals surface area (Å²) in [4.78, 5) is 24.9. The third-order valence-electron chi connectivity index (χ3n) is 4.84. The molecule has 3 aromatic rings. The summed E-state index contributed by atoms with van der Waals surface area (Å²) in [5.41, 5.74) is 2.89. The molecule has 4 rings (SSSR count). The van der Waals surface area contributed by atoms with Gasteiger partial charge >= 0.3 is 5.97 Å². The van der Waals surface area contributed by atoms with Crippen molar-refractivity contribution in [3.8, 4) is 0 Å². The van der Waals surface area contributed by atoms with Gasteiger partial charge in [-0.15, -0.1) is 0 Å². The van der Waals surface area contributed by atoms with Gasteiger partial charge in [0.25, 0.3) is 5.91 Å². The number of hydrogen-bond acceptors (Lipinski definition) is 3. The molecule has 140 valence electrons. The highest BCUT2D eigenvalue weighted by molar-refractivity contribution is 6.30. The number of carbonyl (C=O) groups is 2. The summed E-state index contributed by atoms with van der Waals surface area (Å²) in [6.07, 6.45) is -0.0930. The summed E-state index contributed by atoms with van der Waals surface area (Å²) in [5.74, 6) is -0.511. The Morgan fingerprint density at radius 3 is 2.39 bits per heavy atom. The molecule has 0 saturated heterocycles. The van der Waals surface area contributed by atoms with Gasteiger partial charge in [-0.2, -0.15) is 0 Å². The van der Waals surface area contributed by atoms with E-state index in [0.717, 1.165) is 11.1 Å². The first kappa shape index (κ1) is 18.3. The predicted octanol–water partition coefficient (Wildman–Crippen LogP) is 5.11. The molecule has 28 heavy (non-hydrogen) atoms. The summed E-state index contributed by atoms with van der Waals surface area (Å²) in [6.45, 7) is 0. The van der Waals surface area contributed by atoms with Crippen LogP contribution in [0.3, 0.4) is 0 Å². The van der Waals surface area contributed by atoms with Gasteiger partial charge in [0, 0.05) is 17.0 Å². The number of ether oxygens (including phenoxy) is 1. The van der Waals surface area contributed by atoms with E-state index in [0.29, 0.717) is 22.6 Å². The van der Waals surface area contributed by atoms with Gasteiger partial charge in [-0.3, -0.25) is 4.79 Å². The molecule has 2 atom stereocenters. The Kier molecular flexibility index (Phi) is 5.13. The summed E-state index contributed by atoms with van der Waals surface area (Å²) >= 11 is 6.01. The Labute approximate surface area is 168 Å². The molecule has 0 aromatic heterocycles. The predicted molar refractivity (Wildman–Crippen MR) is 107 cm³/mol. The fourth-order valence-electron chi connectivity index (χ4n) is 3.42. The average molecular weight is 392 g/mol. The Balaban J connectivity index is 1.61. The molecule has 1 heterocycles. The second-order valence-corrected chi connectivity index (χ2v) is 7.10. The lowest BCUT2D eigenvalue weighted by atomic mass is 9.96. The van der Waals surface area contributed by atoms with Crippen LogP contribution in [0.1, 0.15) is 50.4 Å². The number of rotatable bonds is 5. The highest BCUT2D eigenvalue weighted by atomic mass is 35.5. The van der Waals surface area contributed by atoms with Gasteiger partial charge in [0.15, 0.2) is 0 Å². The summed E-state index contributed by atoms with van der Waals surface area (Å²) in [6, 6.07) is 23.3. The van der Waals surface area contributed by atoms with Crippen molar-refractivity contribution >= 4 is 23.5 Å². The summed E-state index contributed by atoms with van der Waals surface area (Å²) < 4.78 is 5.84. The van der Waals surface area contributed by atoms with E-state index in [-0.39, 0.29) is 11.9 Å². The highest BCUT2D eigenvalue weighted by Crippen LogP contribution is 2.35. The van der Waals surface area contributed by atoms with Gasteiger partial charge in [-0.05, 0) is 41.5 Å². The van der Waals surface area contributed by atoms with Crippen LogP contribution in [0.5, 0.6) is 0 Å². The smallest absolute Gasteiger partial charge is 0.338 e. The van der Waals surface area contributed by atoms with Gasteiger partial charge in [0.05, 0.1) is 11.6 Å². The zero-order valence-corrected chi connectivity index (χ0v) is 15.7. The minimum absolute atomic E-state index is 0.107. The number of benzene rings is 3. The van der Waals surface area contributed by atoms with Crippen molar-refractivity contribution in [1.29, 1.82) is 0 Å². The molecular weight excluding hydrogens is 374 g/mol. The molecule has 0 radical (unpaired) electrons. The first-order valence-corrected chi connectivity index (χ1v) is 9.41. The number of nitrogens with one attached hydrogen (secondary N) is 1. The van der Waals surface area contributed by atoms with Gasteiger partial charge in [-0.25, -0.2) is 4.79 Å². The van der Waals surface area contributed by atoms with Crippen LogP contribution < -0.4 is 5.32 Å². The lowest BCUT2D eigenvalue weighted by Gasteiger charge is -2.22. The molecule has 5 heteroatoms. The molecule has 1 N–H and O–H groups in total. The lowest BCUT2D eigenvalue weighted by Crippen LogP contribution is -2.23. The number of fused-ring (bicyclic) bond motifs is 1. The molecule has 4 nitrogen and oxygen atoms in total. The molecule has 1 aliphatic rings. The number of carbonyl (C=O) groups excluding carboxylic acids is 2. The minimum Gasteiger partial charge on any atom is -0.454 e. The van der Waals surface area contributed by atoms with Crippen molar-refractivity contribution in [2.45, 2.75) is 18.6 Å². The van der Waals surface area contributed by atoms with Crippen molar-refractivity contribution in [3.05, 3.63) is 106 Å². The van der Waals surface area contributed by atoms with Crippen LogP contribution in [-0.2, 0) is 4.74 Å². The number of esters is 1. The van der Waals surface area contributed by atoms with Crippen LogP contribution in [0.2, 0.25) is 5.02 Å². The first-order chi connectivity index (χ1) is 13.6. The van der Waals surface area contributed by atoms with E-state index in [1.54, 1.807) is 42.5 Å². The first-order valence-electron chi connectivity index (χ1n) is 9.03. The monoisotopic (exact) mass is 391 g/mol.